The van der Waals surface area contributed by atoms with E-state index in [1.807, 2.05) is 18.7 Å². The summed E-state index contributed by atoms with van der Waals surface area (Å²) in [5, 5.41) is 8.98. The van der Waals surface area contributed by atoms with E-state index in [1.54, 1.807) is 4.90 Å². The summed E-state index contributed by atoms with van der Waals surface area (Å²) in [5.74, 6) is -0.827. The largest absolute Gasteiger partial charge is 0.480 e. The van der Waals surface area contributed by atoms with Gasteiger partial charge in [0.15, 0.2) is 0 Å². The summed E-state index contributed by atoms with van der Waals surface area (Å²) in [6.45, 7) is 3.97. The highest BCUT2D eigenvalue weighted by Crippen LogP contribution is 2.33. The molecule has 1 amide bonds. The molecule has 0 saturated heterocycles. The molecule has 2 rings (SSSR count). The lowest BCUT2D eigenvalue weighted by Gasteiger charge is -2.31. The summed E-state index contributed by atoms with van der Waals surface area (Å²) in [6, 6.07) is 0.395. The molecule has 0 aromatic heterocycles. The van der Waals surface area contributed by atoms with Crippen LogP contribution in [0.15, 0.2) is 11.8 Å². The molecule has 0 bridgehead atoms. The highest BCUT2D eigenvalue weighted by Gasteiger charge is 2.35. The van der Waals surface area contributed by atoms with Crippen molar-refractivity contribution in [3.63, 3.8) is 0 Å². The van der Waals surface area contributed by atoms with Crippen LogP contribution in [-0.2, 0) is 9.59 Å². The van der Waals surface area contributed by atoms with Crippen molar-refractivity contribution in [2.45, 2.75) is 64.5 Å². The van der Waals surface area contributed by atoms with Crippen LogP contribution in [0.1, 0.15) is 52.4 Å². The lowest BCUT2D eigenvalue weighted by Crippen LogP contribution is -2.45. The fraction of sp³-hybridized carbons (Fsp3) is 0.750. The molecule has 2 aliphatic rings. The maximum absolute atomic E-state index is 12.7. The Morgan fingerprint density at radius 2 is 2.00 bits per heavy atom. The number of allylic oxidation sites excluding steroid dienone is 2. The van der Waals surface area contributed by atoms with E-state index in [1.165, 1.54) is 6.42 Å². The highest BCUT2D eigenvalue weighted by atomic mass is 16.4. The number of nitrogens with zero attached hydrogens (tertiary/aromatic N) is 2. The van der Waals surface area contributed by atoms with Crippen molar-refractivity contribution in [2.24, 2.45) is 0 Å². The van der Waals surface area contributed by atoms with E-state index in [2.05, 4.69) is 6.08 Å². The first-order valence-electron chi connectivity index (χ1n) is 7.96. The van der Waals surface area contributed by atoms with Gasteiger partial charge in [0.25, 0.3) is 0 Å². The Kier molecular flexibility index (Phi) is 5.39. The molecule has 5 nitrogen and oxygen atoms in total. The van der Waals surface area contributed by atoms with Crippen LogP contribution in [0.5, 0.6) is 0 Å². The van der Waals surface area contributed by atoms with E-state index in [0.29, 0.717) is 6.04 Å². The molecule has 0 radical (unpaired) electrons. The van der Waals surface area contributed by atoms with Crippen molar-refractivity contribution in [3.8, 4) is 0 Å². The molecule has 5 heteroatoms. The molecule has 2 aliphatic carbocycles. The number of rotatable bonds is 7. The molecule has 1 saturated carbocycles. The summed E-state index contributed by atoms with van der Waals surface area (Å²) in [5.41, 5.74) is 1.16. The molecule has 0 aliphatic heterocycles. The van der Waals surface area contributed by atoms with Crippen LogP contribution in [-0.4, -0.2) is 52.0 Å². The van der Waals surface area contributed by atoms with Crippen LogP contribution >= 0.6 is 0 Å². The summed E-state index contributed by atoms with van der Waals surface area (Å²) in [7, 11) is 0. The minimum absolute atomic E-state index is 0.0476. The van der Waals surface area contributed by atoms with Gasteiger partial charge < -0.3 is 10.0 Å². The van der Waals surface area contributed by atoms with Gasteiger partial charge in [-0.05, 0) is 52.4 Å². The number of carbonyl (C=O) groups excluding carboxylic acids is 1. The third kappa shape index (κ3) is 4.56. The molecule has 0 atom stereocenters. The van der Waals surface area contributed by atoms with Gasteiger partial charge in [-0.15, -0.1) is 0 Å². The van der Waals surface area contributed by atoms with E-state index in [4.69, 9.17) is 5.11 Å². The Morgan fingerprint density at radius 3 is 2.48 bits per heavy atom. The van der Waals surface area contributed by atoms with E-state index in [9.17, 15) is 9.59 Å². The SMILES string of the molecule is CC(C)N(CC(=O)O)CC(=O)N(C1=CCCCC1)C1CC1. The lowest BCUT2D eigenvalue weighted by molar-refractivity contribution is -0.140. The maximum atomic E-state index is 12.7. The lowest BCUT2D eigenvalue weighted by atomic mass is 10.0. The summed E-state index contributed by atoms with van der Waals surface area (Å²) >= 11 is 0. The Hall–Kier alpha value is -1.36. The molecule has 0 aromatic carbocycles. The second-order valence-corrected chi connectivity index (χ2v) is 6.33. The van der Waals surface area contributed by atoms with Crippen molar-refractivity contribution >= 4 is 11.9 Å². The number of carboxylic acids is 1. The monoisotopic (exact) mass is 294 g/mol. The Bertz CT molecular complexity index is 427. The number of carboxylic acid groups (broad SMARTS) is 1. The molecule has 0 heterocycles. The fourth-order valence-corrected chi connectivity index (χ4v) is 2.82. The first-order valence-corrected chi connectivity index (χ1v) is 7.96. The van der Waals surface area contributed by atoms with Gasteiger partial charge in [0, 0.05) is 17.8 Å². The van der Waals surface area contributed by atoms with Gasteiger partial charge in [0.05, 0.1) is 13.1 Å². The molecule has 1 fully saturated rings. The zero-order valence-electron chi connectivity index (χ0n) is 13.0. The first-order chi connectivity index (χ1) is 9.99. The van der Waals surface area contributed by atoms with E-state index in [-0.39, 0.29) is 25.0 Å². The average Bonchev–Trinajstić information content (AvgIpc) is 3.23. The zero-order chi connectivity index (χ0) is 15.4. The van der Waals surface area contributed by atoms with Gasteiger partial charge in [-0.3, -0.25) is 14.5 Å². The molecular formula is C16H26N2O3. The molecule has 0 aromatic rings. The fourth-order valence-electron chi connectivity index (χ4n) is 2.82. The Balaban J connectivity index is 2.04. The van der Waals surface area contributed by atoms with Crippen molar-refractivity contribution in [1.82, 2.24) is 9.80 Å². The van der Waals surface area contributed by atoms with Gasteiger partial charge in [-0.25, -0.2) is 0 Å². The van der Waals surface area contributed by atoms with Crippen LogP contribution < -0.4 is 0 Å². The van der Waals surface area contributed by atoms with Crippen LogP contribution in [0, 0.1) is 0 Å². The summed E-state index contributed by atoms with van der Waals surface area (Å²) in [4.78, 5) is 27.3. The molecule has 21 heavy (non-hydrogen) atoms. The van der Waals surface area contributed by atoms with E-state index >= 15 is 0 Å². The predicted octanol–water partition coefficient (Wildman–Crippen LogP) is 2.23. The normalized spacial score (nSPS) is 18.8. The van der Waals surface area contributed by atoms with Crippen molar-refractivity contribution in [2.75, 3.05) is 13.1 Å². The van der Waals surface area contributed by atoms with Crippen molar-refractivity contribution in [1.29, 1.82) is 0 Å². The molecule has 0 unspecified atom stereocenters. The maximum Gasteiger partial charge on any atom is 0.317 e. The quantitative estimate of drug-likeness (QED) is 0.782. The second-order valence-electron chi connectivity index (χ2n) is 6.33. The van der Waals surface area contributed by atoms with Gasteiger partial charge in [-0.1, -0.05) is 6.08 Å². The van der Waals surface area contributed by atoms with Gasteiger partial charge in [0.2, 0.25) is 5.91 Å². The average molecular weight is 294 g/mol. The highest BCUT2D eigenvalue weighted by molar-refractivity contribution is 5.81. The van der Waals surface area contributed by atoms with Crippen LogP contribution in [0.25, 0.3) is 0 Å². The molecule has 0 spiro atoms. The minimum atomic E-state index is -0.883. The van der Waals surface area contributed by atoms with E-state index < -0.39 is 5.97 Å². The third-order valence-electron chi connectivity index (χ3n) is 4.16. The molecule has 118 valence electrons. The number of aliphatic carboxylic acids is 1. The Labute approximate surface area is 126 Å². The van der Waals surface area contributed by atoms with Crippen molar-refractivity contribution < 1.29 is 14.7 Å². The minimum Gasteiger partial charge on any atom is -0.480 e. The number of amides is 1. The second kappa shape index (κ2) is 7.07. The van der Waals surface area contributed by atoms with Gasteiger partial charge in [-0.2, -0.15) is 0 Å². The van der Waals surface area contributed by atoms with Crippen molar-refractivity contribution in [3.05, 3.63) is 11.8 Å². The topological polar surface area (TPSA) is 60.9 Å². The van der Waals surface area contributed by atoms with Gasteiger partial charge >= 0.3 is 5.97 Å². The molecular weight excluding hydrogens is 268 g/mol. The third-order valence-corrected chi connectivity index (χ3v) is 4.16. The van der Waals surface area contributed by atoms with Crippen LogP contribution in [0.4, 0.5) is 0 Å². The number of hydrogen-bond acceptors (Lipinski definition) is 3. The number of carbonyl (C=O) groups is 2. The van der Waals surface area contributed by atoms with Crippen LogP contribution in [0.3, 0.4) is 0 Å². The smallest absolute Gasteiger partial charge is 0.317 e. The molecule has 1 N–H and O–H groups in total. The number of hydrogen-bond donors (Lipinski definition) is 1. The van der Waals surface area contributed by atoms with Gasteiger partial charge in [0.1, 0.15) is 0 Å². The van der Waals surface area contributed by atoms with E-state index in [0.717, 1.165) is 37.8 Å². The zero-order valence-corrected chi connectivity index (χ0v) is 13.0. The van der Waals surface area contributed by atoms with Crippen LogP contribution in [0.2, 0.25) is 0 Å². The predicted molar refractivity (Wildman–Crippen MR) is 80.8 cm³/mol. The standard InChI is InChI=1S/C16H26N2O3/c1-12(2)17(11-16(20)21)10-15(19)18(14-8-9-14)13-6-4-3-5-7-13/h6,12,14H,3-5,7-11H2,1-2H3,(H,20,21). The summed E-state index contributed by atoms with van der Waals surface area (Å²) < 4.78 is 0. The summed E-state index contributed by atoms with van der Waals surface area (Å²) in [6.07, 6.45) is 8.71. The Morgan fingerprint density at radius 1 is 1.29 bits per heavy atom. The first kappa shape index (κ1) is 16.0.